The molecule has 2 saturated heterocycles. The van der Waals surface area contributed by atoms with Crippen molar-refractivity contribution in [3.8, 4) is 11.1 Å². The van der Waals surface area contributed by atoms with Crippen molar-refractivity contribution in [3.05, 3.63) is 52.8 Å². The van der Waals surface area contributed by atoms with Gasteiger partial charge in [-0.1, -0.05) is 6.07 Å². The second kappa shape index (κ2) is 7.80. The molecular weight excluding hydrogens is 374 g/mol. The van der Waals surface area contributed by atoms with E-state index >= 15 is 0 Å². The van der Waals surface area contributed by atoms with Crippen LogP contribution in [0.15, 0.2) is 30.6 Å². The molecule has 0 aliphatic carbocycles. The van der Waals surface area contributed by atoms with Gasteiger partial charge in [0.15, 0.2) is 0 Å². The van der Waals surface area contributed by atoms with Crippen LogP contribution in [0.1, 0.15) is 59.9 Å². The molecule has 3 aliphatic heterocycles. The van der Waals surface area contributed by atoms with E-state index in [-0.39, 0.29) is 0 Å². The third-order valence-electron chi connectivity index (χ3n) is 7.13. The number of pyridine rings is 1. The van der Waals surface area contributed by atoms with Gasteiger partial charge in [-0.2, -0.15) is 0 Å². The maximum atomic E-state index is 5.82. The van der Waals surface area contributed by atoms with E-state index in [1.165, 1.54) is 51.6 Å². The van der Waals surface area contributed by atoms with Crippen molar-refractivity contribution >= 4 is 11.0 Å². The number of nitrogens with zero attached hydrogens (tertiary/aromatic N) is 1. The quantitative estimate of drug-likeness (QED) is 0.670. The van der Waals surface area contributed by atoms with Crippen LogP contribution < -0.4 is 5.32 Å². The molecule has 156 valence electrons. The van der Waals surface area contributed by atoms with Crippen molar-refractivity contribution in [2.24, 2.45) is 0 Å². The number of aromatic nitrogens is 2. The first-order chi connectivity index (χ1) is 14.9. The Balaban J connectivity index is 1.44. The molecular formula is C25H29N3O2. The Labute approximate surface area is 177 Å². The van der Waals surface area contributed by atoms with E-state index in [2.05, 4.69) is 34.7 Å². The summed E-state index contributed by atoms with van der Waals surface area (Å²) in [6.07, 6.45) is 9.82. The molecule has 0 saturated carbocycles. The third kappa shape index (κ3) is 3.25. The Morgan fingerprint density at radius 2 is 1.87 bits per heavy atom. The largest absolute Gasteiger partial charge is 0.381 e. The van der Waals surface area contributed by atoms with Gasteiger partial charge in [0.25, 0.3) is 0 Å². The summed E-state index contributed by atoms with van der Waals surface area (Å²) >= 11 is 0. The molecule has 1 atom stereocenters. The Morgan fingerprint density at radius 3 is 2.73 bits per heavy atom. The number of rotatable bonds is 3. The lowest BCUT2D eigenvalue weighted by Crippen LogP contribution is -2.19. The van der Waals surface area contributed by atoms with Crippen LogP contribution in [-0.4, -0.2) is 36.3 Å². The Kier molecular flexibility index (Phi) is 4.82. The van der Waals surface area contributed by atoms with Gasteiger partial charge in [0.05, 0.1) is 13.2 Å². The third-order valence-corrected chi connectivity index (χ3v) is 7.13. The van der Waals surface area contributed by atoms with E-state index in [0.717, 1.165) is 57.9 Å². The van der Waals surface area contributed by atoms with Gasteiger partial charge in [0.1, 0.15) is 5.65 Å². The van der Waals surface area contributed by atoms with Crippen LogP contribution >= 0.6 is 0 Å². The van der Waals surface area contributed by atoms with Gasteiger partial charge in [-0.05, 0) is 84.5 Å². The second-order valence-corrected chi connectivity index (χ2v) is 8.91. The molecule has 0 spiro atoms. The average Bonchev–Trinajstić information content (AvgIpc) is 3.49. The van der Waals surface area contributed by atoms with Crippen molar-refractivity contribution in [2.45, 2.75) is 50.7 Å². The van der Waals surface area contributed by atoms with Crippen LogP contribution in [0, 0.1) is 0 Å². The van der Waals surface area contributed by atoms with Crippen LogP contribution in [0.3, 0.4) is 0 Å². The number of aromatic amines is 1. The highest BCUT2D eigenvalue weighted by Crippen LogP contribution is 2.37. The summed E-state index contributed by atoms with van der Waals surface area (Å²) in [5, 5.41) is 4.96. The monoisotopic (exact) mass is 403 g/mol. The molecule has 1 aromatic carbocycles. The molecule has 2 N–H and O–H groups in total. The smallest absolute Gasteiger partial charge is 0.137 e. The summed E-state index contributed by atoms with van der Waals surface area (Å²) in [5.41, 5.74) is 9.16. The molecule has 2 fully saturated rings. The van der Waals surface area contributed by atoms with Crippen molar-refractivity contribution in [2.75, 3.05) is 26.4 Å². The number of H-pyrrole nitrogens is 1. The van der Waals surface area contributed by atoms with E-state index in [9.17, 15) is 0 Å². The lowest BCUT2D eigenvalue weighted by Gasteiger charge is -2.25. The molecule has 0 bridgehead atoms. The number of hydrogen-bond donors (Lipinski definition) is 2. The summed E-state index contributed by atoms with van der Waals surface area (Å²) in [5.74, 6) is 0.559. The van der Waals surface area contributed by atoms with E-state index in [1.807, 2.05) is 6.20 Å². The van der Waals surface area contributed by atoms with E-state index in [1.54, 1.807) is 0 Å². The predicted octanol–water partition coefficient (Wildman–Crippen LogP) is 4.62. The lowest BCUT2D eigenvalue weighted by molar-refractivity contribution is 0.0856. The number of fused-ring (bicyclic) bond motifs is 2. The first kappa shape index (κ1) is 18.6. The fourth-order valence-electron chi connectivity index (χ4n) is 5.47. The van der Waals surface area contributed by atoms with E-state index < -0.39 is 0 Å². The maximum absolute atomic E-state index is 5.82. The average molecular weight is 404 g/mol. The topological polar surface area (TPSA) is 59.2 Å². The molecule has 0 amide bonds. The highest BCUT2D eigenvalue weighted by atomic mass is 16.5. The molecule has 3 aliphatic rings. The molecule has 0 radical (unpaired) electrons. The molecule has 3 aromatic rings. The second-order valence-electron chi connectivity index (χ2n) is 8.91. The molecule has 1 unspecified atom stereocenters. The number of ether oxygens (including phenoxy) is 2. The zero-order chi connectivity index (χ0) is 19.9. The number of nitrogens with one attached hydrogen (secondary N) is 2. The fourth-order valence-corrected chi connectivity index (χ4v) is 5.47. The minimum Gasteiger partial charge on any atom is -0.381 e. The molecule has 5 heteroatoms. The highest BCUT2D eigenvalue weighted by molar-refractivity contribution is 5.85. The van der Waals surface area contributed by atoms with Crippen LogP contribution in [0.5, 0.6) is 0 Å². The summed E-state index contributed by atoms with van der Waals surface area (Å²) in [7, 11) is 0. The maximum Gasteiger partial charge on any atom is 0.137 e. The number of hydrogen-bond acceptors (Lipinski definition) is 4. The van der Waals surface area contributed by atoms with Gasteiger partial charge >= 0.3 is 0 Å². The van der Waals surface area contributed by atoms with Gasteiger partial charge in [0.2, 0.25) is 0 Å². The summed E-state index contributed by atoms with van der Waals surface area (Å²) in [6.45, 7) is 4.38. The highest BCUT2D eigenvalue weighted by Gasteiger charge is 2.25. The van der Waals surface area contributed by atoms with E-state index in [0.29, 0.717) is 12.0 Å². The van der Waals surface area contributed by atoms with Crippen LogP contribution in [-0.2, 0) is 22.5 Å². The SMILES string of the molecule is c1nc2[nH]cc(C3CCOCC3)c2cc1-c1cc2c(c(C3CCCN3)c1)COCC2. The van der Waals surface area contributed by atoms with Crippen LogP contribution in [0.4, 0.5) is 0 Å². The Hall–Kier alpha value is -2.21. The minimum atomic E-state index is 0.446. The first-order valence-electron chi connectivity index (χ1n) is 11.4. The van der Waals surface area contributed by atoms with Crippen molar-refractivity contribution in [3.63, 3.8) is 0 Å². The zero-order valence-corrected chi connectivity index (χ0v) is 17.4. The minimum absolute atomic E-state index is 0.446. The van der Waals surface area contributed by atoms with Gasteiger partial charge in [0, 0.05) is 42.6 Å². The standard InChI is InChI=1S/C25H29N3O2/c1-2-24(26-6-1)20-11-18(10-17-5-9-30-15-23(17)20)19-12-21-22(14-28-25(21)27-13-19)16-3-7-29-8-4-16/h10-14,16,24,26H,1-9,15H2,(H,27,28). The molecule has 2 aromatic heterocycles. The normalized spacial score (nSPS) is 22.5. The molecule has 6 rings (SSSR count). The summed E-state index contributed by atoms with van der Waals surface area (Å²) in [4.78, 5) is 8.18. The number of benzene rings is 1. The van der Waals surface area contributed by atoms with Crippen LogP contribution in [0.25, 0.3) is 22.2 Å². The van der Waals surface area contributed by atoms with Gasteiger partial charge in [-0.15, -0.1) is 0 Å². The van der Waals surface area contributed by atoms with Gasteiger partial charge in [-0.3, -0.25) is 0 Å². The van der Waals surface area contributed by atoms with Crippen molar-refractivity contribution in [1.82, 2.24) is 15.3 Å². The van der Waals surface area contributed by atoms with Gasteiger partial charge < -0.3 is 19.8 Å². The predicted molar refractivity (Wildman–Crippen MR) is 118 cm³/mol. The summed E-state index contributed by atoms with van der Waals surface area (Å²) < 4.78 is 11.4. The Morgan fingerprint density at radius 1 is 0.933 bits per heavy atom. The zero-order valence-electron chi connectivity index (χ0n) is 17.4. The first-order valence-corrected chi connectivity index (χ1v) is 11.4. The van der Waals surface area contributed by atoms with E-state index in [4.69, 9.17) is 14.5 Å². The fraction of sp³-hybridized carbons (Fsp3) is 0.480. The Bertz CT molecular complexity index is 1060. The molecule has 5 heterocycles. The van der Waals surface area contributed by atoms with Crippen molar-refractivity contribution in [1.29, 1.82) is 0 Å². The molecule has 5 nitrogen and oxygen atoms in total. The summed E-state index contributed by atoms with van der Waals surface area (Å²) in [6, 6.07) is 7.55. The van der Waals surface area contributed by atoms with Crippen LogP contribution in [0.2, 0.25) is 0 Å². The van der Waals surface area contributed by atoms with Gasteiger partial charge in [-0.25, -0.2) is 4.98 Å². The van der Waals surface area contributed by atoms with Crippen molar-refractivity contribution < 1.29 is 9.47 Å². The molecule has 30 heavy (non-hydrogen) atoms. The lowest BCUT2D eigenvalue weighted by atomic mass is 9.88.